The Morgan fingerprint density at radius 2 is 1.96 bits per heavy atom. The standard InChI is InChI=1S/C15H8F2N4S2/c16-11-5-1-4-10(13(11)17)14-18-19-15-21(14)20-12(23-15)7-6-9-3-2-8-22-9/h1-8H. The largest absolute Gasteiger partial charge is 0.235 e. The van der Waals surface area contributed by atoms with Crippen LogP contribution in [-0.2, 0) is 0 Å². The molecule has 0 aliphatic carbocycles. The summed E-state index contributed by atoms with van der Waals surface area (Å²) in [5.74, 6) is -1.69. The van der Waals surface area contributed by atoms with Crippen molar-refractivity contribution in [3.05, 3.63) is 57.2 Å². The van der Waals surface area contributed by atoms with Gasteiger partial charge in [0.25, 0.3) is 0 Å². The van der Waals surface area contributed by atoms with Crippen LogP contribution in [0.4, 0.5) is 8.78 Å². The Balaban J connectivity index is 1.76. The lowest BCUT2D eigenvalue weighted by Gasteiger charge is -1.99. The number of thiophene rings is 1. The van der Waals surface area contributed by atoms with E-state index in [1.807, 2.05) is 29.7 Å². The number of hydrogen-bond donors (Lipinski definition) is 0. The summed E-state index contributed by atoms with van der Waals surface area (Å²) < 4.78 is 28.8. The Hall–Kier alpha value is -2.45. The van der Waals surface area contributed by atoms with E-state index in [0.29, 0.717) is 9.97 Å². The van der Waals surface area contributed by atoms with Crippen LogP contribution >= 0.6 is 22.7 Å². The zero-order valence-electron chi connectivity index (χ0n) is 11.5. The van der Waals surface area contributed by atoms with Crippen LogP contribution in [0, 0.1) is 11.6 Å². The van der Waals surface area contributed by atoms with Crippen LogP contribution in [0.2, 0.25) is 0 Å². The molecule has 0 N–H and O–H groups in total. The molecule has 0 aliphatic heterocycles. The highest BCUT2D eigenvalue weighted by Gasteiger charge is 2.17. The molecule has 8 heteroatoms. The highest BCUT2D eigenvalue weighted by Crippen LogP contribution is 2.26. The van der Waals surface area contributed by atoms with Gasteiger partial charge in [0.15, 0.2) is 17.5 Å². The van der Waals surface area contributed by atoms with E-state index >= 15 is 0 Å². The molecule has 0 radical (unpaired) electrons. The molecule has 114 valence electrons. The fourth-order valence-corrected chi connectivity index (χ4v) is 3.44. The van der Waals surface area contributed by atoms with Crippen LogP contribution in [0.25, 0.3) is 28.5 Å². The average molecular weight is 346 g/mol. The van der Waals surface area contributed by atoms with E-state index in [4.69, 9.17) is 0 Å². The van der Waals surface area contributed by atoms with Crippen molar-refractivity contribution in [1.82, 2.24) is 19.8 Å². The molecule has 0 saturated heterocycles. The molecule has 23 heavy (non-hydrogen) atoms. The lowest BCUT2D eigenvalue weighted by Crippen LogP contribution is -1.95. The van der Waals surface area contributed by atoms with Gasteiger partial charge in [-0.15, -0.1) is 21.5 Å². The summed E-state index contributed by atoms with van der Waals surface area (Å²) >= 11 is 2.94. The summed E-state index contributed by atoms with van der Waals surface area (Å²) in [6.45, 7) is 0. The summed E-state index contributed by atoms with van der Waals surface area (Å²) in [7, 11) is 0. The maximum absolute atomic E-state index is 13.9. The third kappa shape index (κ3) is 2.55. The highest BCUT2D eigenvalue weighted by atomic mass is 32.1. The Morgan fingerprint density at radius 3 is 2.78 bits per heavy atom. The van der Waals surface area contributed by atoms with E-state index in [1.165, 1.54) is 28.0 Å². The molecule has 4 rings (SSSR count). The number of benzene rings is 1. The monoisotopic (exact) mass is 346 g/mol. The van der Waals surface area contributed by atoms with Crippen molar-refractivity contribution in [2.75, 3.05) is 0 Å². The van der Waals surface area contributed by atoms with E-state index in [-0.39, 0.29) is 11.4 Å². The maximum atomic E-state index is 13.9. The second-order valence-electron chi connectivity index (χ2n) is 4.61. The molecule has 0 spiro atoms. The number of aromatic nitrogens is 4. The summed E-state index contributed by atoms with van der Waals surface area (Å²) in [6.07, 6.45) is 3.80. The first-order valence-electron chi connectivity index (χ1n) is 6.60. The van der Waals surface area contributed by atoms with Gasteiger partial charge in [-0.05, 0) is 35.7 Å². The van der Waals surface area contributed by atoms with Crippen molar-refractivity contribution in [2.24, 2.45) is 0 Å². The maximum Gasteiger partial charge on any atom is 0.235 e. The van der Waals surface area contributed by atoms with Crippen molar-refractivity contribution < 1.29 is 8.78 Å². The predicted molar refractivity (Wildman–Crippen MR) is 87.3 cm³/mol. The Bertz CT molecular complexity index is 1000. The van der Waals surface area contributed by atoms with Gasteiger partial charge in [0.05, 0.1) is 5.56 Å². The minimum atomic E-state index is -0.953. The van der Waals surface area contributed by atoms with Crippen LogP contribution in [0.1, 0.15) is 9.88 Å². The number of halogens is 2. The first-order valence-corrected chi connectivity index (χ1v) is 8.30. The zero-order chi connectivity index (χ0) is 15.8. The van der Waals surface area contributed by atoms with Crippen LogP contribution in [0.15, 0.2) is 35.7 Å². The van der Waals surface area contributed by atoms with E-state index in [2.05, 4.69) is 15.3 Å². The van der Waals surface area contributed by atoms with Gasteiger partial charge >= 0.3 is 0 Å². The summed E-state index contributed by atoms with van der Waals surface area (Å²) in [5.41, 5.74) is 0.0385. The number of fused-ring (bicyclic) bond motifs is 1. The zero-order valence-corrected chi connectivity index (χ0v) is 13.1. The predicted octanol–water partition coefficient (Wildman–Crippen LogP) is 4.36. The SMILES string of the molecule is Fc1cccc(-c2nnc3sc(C=Cc4cccs4)nn23)c1F. The van der Waals surface area contributed by atoms with Crippen molar-refractivity contribution in [3.63, 3.8) is 0 Å². The molecule has 4 aromatic rings. The summed E-state index contributed by atoms with van der Waals surface area (Å²) in [5, 5.41) is 14.9. The molecule has 0 saturated carbocycles. The molecule has 4 nitrogen and oxygen atoms in total. The van der Waals surface area contributed by atoms with Gasteiger partial charge < -0.3 is 0 Å². The normalized spacial score (nSPS) is 11.7. The Morgan fingerprint density at radius 1 is 1.04 bits per heavy atom. The van der Waals surface area contributed by atoms with Crippen molar-refractivity contribution in [2.45, 2.75) is 0 Å². The molecule has 0 unspecified atom stereocenters. The van der Waals surface area contributed by atoms with Crippen LogP contribution in [0.5, 0.6) is 0 Å². The molecule has 0 fully saturated rings. The van der Waals surface area contributed by atoms with Gasteiger partial charge in [-0.25, -0.2) is 8.78 Å². The van der Waals surface area contributed by atoms with Crippen molar-refractivity contribution in [3.8, 4) is 11.4 Å². The van der Waals surface area contributed by atoms with Gasteiger partial charge in [0.1, 0.15) is 5.01 Å². The molecule has 0 aliphatic rings. The fraction of sp³-hybridized carbons (Fsp3) is 0. The fourth-order valence-electron chi connectivity index (χ4n) is 2.08. The molecule has 1 aromatic carbocycles. The van der Waals surface area contributed by atoms with Gasteiger partial charge in [-0.3, -0.25) is 0 Å². The van der Waals surface area contributed by atoms with Gasteiger partial charge in [-0.2, -0.15) is 9.61 Å². The van der Waals surface area contributed by atoms with Crippen LogP contribution in [0.3, 0.4) is 0 Å². The highest BCUT2D eigenvalue weighted by molar-refractivity contribution is 7.17. The number of rotatable bonds is 3. The average Bonchev–Trinajstić information content (AvgIpc) is 3.24. The summed E-state index contributed by atoms with van der Waals surface area (Å²) in [6, 6.07) is 7.91. The van der Waals surface area contributed by atoms with Gasteiger partial charge in [0.2, 0.25) is 4.96 Å². The molecule has 0 bridgehead atoms. The third-order valence-electron chi connectivity index (χ3n) is 3.13. The van der Waals surface area contributed by atoms with Crippen molar-refractivity contribution in [1.29, 1.82) is 0 Å². The molecule has 3 heterocycles. The molecule has 0 amide bonds. The lowest BCUT2D eigenvalue weighted by atomic mass is 10.2. The molecular weight excluding hydrogens is 338 g/mol. The van der Waals surface area contributed by atoms with Crippen LogP contribution < -0.4 is 0 Å². The summed E-state index contributed by atoms with van der Waals surface area (Å²) in [4.78, 5) is 1.63. The lowest BCUT2D eigenvalue weighted by molar-refractivity contribution is 0.510. The minimum Gasteiger partial charge on any atom is -0.204 e. The second-order valence-corrected chi connectivity index (χ2v) is 6.58. The first kappa shape index (κ1) is 14.2. The number of nitrogens with zero attached hydrogens (tertiary/aromatic N) is 4. The Labute approximate surface area is 137 Å². The van der Waals surface area contributed by atoms with Gasteiger partial charge in [-0.1, -0.05) is 23.5 Å². The quantitative estimate of drug-likeness (QED) is 0.553. The van der Waals surface area contributed by atoms with Gasteiger partial charge in [0, 0.05) is 4.88 Å². The molecule has 3 aromatic heterocycles. The van der Waals surface area contributed by atoms with Crippen molar-refractivity contribution >= 4 is 39.8 Å². The topological polar surface area (TPSA) is 43.1 Å². The van der Waals surface area contributed by atoms with E-state index in [1.54, 1.807) is 11.3 Å². The Kier molecular flexibility index (Phi) is 3.47. The molecule has 0 atom stereocenters. The second kappa shape index (κ2) is 5.64. The third-order valence-corrected chi connectivity index (χ3v) is 4.83. The first-order chi connectivity index (χ1) is 11.2. The van der Waals surface area contributed by atoms with E-state index < -0.39 is 11.6 Å². The smallest absolute Gasteiger partial charge is 0.204 e. The molecular formula is C15H8F2N4S2. The van der Waals surface area contributed by atoms with E-state index in [0.717, 1.165) is 10.9 Å². The van der Waals surface area contributed by atoms with Crippen LogP contribution in [-0.4, -0.2) is 19.8 Å². The number of hydrogen-bond acceptors (Lipinski definition) is 5. The minimum absolute atomic E-state index is 0.0385. The van der Waals surface area contributed by atoms with E-state index in [9.17, 15) is 8.78 Å².